The number of rotatable bonds is 5. The van der Waals surface area contributed by atoms with E-state index in [0.717, 1.165) is 25.9 Å². The van der Waals surface area contributed by atoms with Crippen LogP contribution in [0.1, 0.15) is 25.0 Å². The first-order chi connectivity index (χ1) is 10.0. The number of nitro groups is 1. The first-order valence-corrected chi connectivity index (χ1v) is 6.85. The van der Waals surface area contributed by atoms with Crippen LogP contribution < -0.4 is 16.2 Å². The third-order valence-electron chi connectivity index (χ3n) is 3.46. The summed E-state index contributed by atoms with van der Waals surface area (Å²) in [6.07, 6.45) is 3.19. The smallest absolute Gasteiger partial charge is 0.332 e. The molecular weight excluding hydrogens is 276 g/mol. The Morgan fingerprint density at radius 1 is 1.52 bits per heavy atom. The van der Waals surface area contributed by atoms with E-state index in [1.165, 1.54) is 0 Å². The number of hydrogen-bond acceptors (Lipinski definition) is 8. The van der Waals surface area contributed by atoms with Gasteiger partial charge in [-0.15, -0.1) is 0 Å². The Morgan fingerprint density at radius 3 is 2.86 bits per heavy atom. The van der Waals surface area contributed by atoms with Crippen LogP contribution in [-0.4, -0.2) is 41.2 Å². The molecule has 116 valence electrons. The van der Waals surface area contributed by atoms with Crippen LogP contribution in [0, 0.1) is 17.0 Å². The predicted octanol–water partition coefficient (Wildman–Crippen LogP) is 0.984. The number of nitrogens with one attached hydrogen (secondary N) is 1. The normalized spacial score (nSPS) is 18.3. The lowest BCUT2D eigenvalue weighted by molar-refractivity contribution is -0.385. The van der Waals surface area contributed by atoms with Crippen LogP contribution >= 0.6 is 0 Å². The fourth-order valence-electron chi connectivity index (χ4n) is 2.44. The van der Waals surface area contributed by atoms with Crippen LogP contribution in [0.4, 0.5) is 17.5 Å². The van der Waals surface area contributed by atoms with Crippen molar-refractivity contribution in [3.05, 3.63) is 15.8 Å². The van der Waals surface area contributed by atoms with Crippen molar-refractivity contribution in [2.24, 2.45) is 5.84 Å². The molecule has 1 fully saturated rings. The monoisotopic (exact) mass is 296 g/mol. The Bertz CT molecular complexity index is 518. The molecule has 1 aliphatic heterocycles. The van der Waals surface area contributed by atoms with Crippen molar-refractivity contribution in [1.29, 1.82) is 0 Å². The van der Waals surface area contributed by atoms with Gasteiger partial charge in [0.15, 0.2) is 0 Å². The summed E-state index contributed by atoms with van der Waals surface area (Å²) >= 11 is 0. The van der Waals surface area contributed by atoms with E-state index in [2.05, 4.69) is 15.4 Å². The topological polar surface area (TPSA) is 119 Å². The van der Waals surface area contributed by atoms with Crippen molar-refractivity contribution in [3.8, 4) is 0 Å². The Morgan fingerprint density at radius 2 is 2.29 bits per heavy atom. The number of nitrogens with zero attached hydrogens (tertiary/aromatic N) is 4. The number of likely N-dealkylation sites (N-methyl/N-ethyl adjacent to an activating group) is 1. The summed E-state index contributed by atoms with van der Waals surface area (Å²) in [5, 5.41) is 11.3. The maximum atomic E-state index is 11.3. The predicted molar refractivity (Wildman–Crippen MR) is 78.1 cm³/mol. The minimum atomic E-state index is -0.469. The molecular formula is C12H20N6O3. The molecule has 0 saturated carbocycles. The van der Waals surface area contributed by atoms with Crippen molar-refractivity contribution < 1.29 is 9.66 Å². The van der Waals surface area contributed by atoms with E-state index in [0.29, 0.717) is 6.54 Å². The van der Waals surface area contributed by atoms with E-state index in [9.17, 15) is 10.1 Å². The highest BCUT2D eigenvalue weighted by molar-refractivity contribution is 5.62. The van der Waals surface area contributed by atoms with E-state index in [1.54, 1.807) is 18.9 Å². The molecule has 0 amide bonds. The average molecular weight is 296 g/mol. The molecule has 0 aromatic carbocycles. The fraction of sp³-hybridized carbons (Fsp3) is 0.667. The second-order valence-corrected chi connectivity index (χ2v) is 5.08. The Kier molecular flexibility index (Phi) is 4.86. The number of nitrogen functional groups attached to an aromatic ring is 1. The number of hydrogen-bond donors (Lipinski definition) is 2. The van der Waals surface area contributed by atoms with Gasteiger partial charge in [-0.3, -0.25) is 15.5 Å². The molecule has 1 atom stereocenters. The second-order valence-electron chi connectivity index (χ2n) is 5.08. The van der Waals surface area contributed by atoms with Crippen molar-refractivity contribution in [3.63, 3.8) is 0 Å². The SMILES string of the molecule is Cc1nc(NN)nc(N(C)CC2CCCCO2)c1[N+](=O)[O-]. The zero-order chi connectivity index (χ0) is 15.4. The summed E-state index contributed by atoms with van der Waals surface area (Å²) in [5.74, 6) is 5.71. The van der Waals surface area contributed by atoms with Gasteiger partial charge in [-0.05, 0) is 26.2 Å². The maximum Gasteiger partial charge on any atom is 0.332 e. The summed E-state index contributed by atoms with van der Waals surface area (Å²) in [7, 11) is 1.76. The zero-order valence-corrected chi connectivity index (χ0v) is 12.2. The lowest BCUT2D eigenvalue weighted by Gasteiger charge is -2.28. The van der Waals surface area contributed by atoms with Gasteiger partial charge in [0.25, 0.3) is 0 Å². The van der Waals surface area contributed by atoms with Crippen LogP contribution in [0.5, 0.6) is 0 Å². The third kappa shape index (κ3) is 3.56. The zero-order valence-electron chi connectivity index (χ0n) is 12.2. The number of ether oxygens (including phenoxy) is 1. The highest BCUT2D eigenvalue weighted by Crippen LogP contribution is 2.29. The number of aryl methyl sites for hydroxylation is 1. The number of anilines is 2. The van der Waals surface area contributed by atoms with Crippen molar-refractivity contribution in [2.75, 3.05) is 30.5 Å². The Hall–Kier alpha value is -2.00. The molecule has 0 radical (unpaired) electrons. The van der Waals surface area contributed by atoms with Crippen LogP contribution in [0.3, 0.4) is 0 Å². The van der Waals surface area contributed by atoms with E-state index in [4.69, 9.17) is 10.6 Å². The van der Waals surface area contributed by atoms with Crippen molar-refractivity contribution >= 4 is 17.5 Å². The minimum Gasteiger partial charge on any atom is -0.376 e. The van der Waals surface area contributed by atoms with Gasteiger partial charge in [-0.1, -0.05) is 0 Å². The molecule has 1 saturated heterocycles. The van der Waals surface area contributed by atoms with Gasteiger partial charge >= 0.3 is 5.69 Å². The quantitative estimate of drug-likeness (QED) is 0.469. The molecule has 0 aliphatic carbocycles. The van der Waals surface area contributed by atoms with E-state index < -0.39 is 4.92 Å². The van der Waals surface area contributed by atoms with Gasteiger partial charge in [0.2, 0.25) is 11.8 Å². The standard InChI is InChI=1S/C12H20N6O3/c1-8-10(18(19)20)11(15-12(14-8)16-13)17(2)7-9-5-3-4-6-21-9/h9H,3-7,13H2,1-2H3,(H,14,15,16). The number of nitrogens with two attached hydrogens (primary N) is 1. The molecule has 1 aromatic heterocycles. The molecule has 1 unspecified atom stereocenters. The van der Waals surface area contributed by atoms with Crippen LogP contribution in [0.15, 0.2) is 0 Å². The van der Waals surface area contributed by atoms with Crippen LogP contribution in [-0.2, 0) is 4.74 Å². The molecule has 2 rings (SSSR count). The summed E-state index contributed by atoms with van der Waals surface area (Å²) in [6, 6.07) is 0. The largest absolute Gasteiger partial charge is 0.376 e. The van der Waals surface area contributed by atoms with E-state index >= 15 is 0 Å². The van der Waals surface area contributed by atoms with Gasteiger partial charge in [-0.2, -0.15) is 4.98 Å². The summed E-state index contributed by atoms with van der Waals surface area (Å²) < 4.78 is 5.66. The Labute approximate surface area is 122 Å². The highest BCUT2D eigenvalue weighted by Gasteiger charge is 2.26. The summed E-state index contributed by atoms with van der Waals surface area (Å²) in [6.45, 7) is 2.84. The van der Waals surface area contributed by atoms with E-state index in [-0.39, 0.29) is 29.3 Å². The summed E-state index contributed by atoms with van der Waals surface area (Å²) in [5.41, 5.74) is 2.50. The molecule has 9 heteroatoms. The van der Waals surface area contributed by atoms with Gasteiger partial charge in [0.1, 0.15) is 5.69 Å². The lowest BCUT2D eigenvalue weighted by Crippen LogP contribution is -2.34. The van der Waals surface area contributed by atoms with Gasteiger partial charge in [-0.25, -0.2) is 10.8 Å². The lowest BCUT2D eigenvalue weighted by atomic mass is 10.1. The average Bonchev–Trinajstić information content (AvgIpc) is 2.46. The molecule has 3 N–H and O–H groups in total. The maximum absolute atomic E-state index is 11.3. The summed E-state index contributed by atoms with van der Waals surface area (Å²) in [4.78, 5) is 20.6. The number of hydrazine groups is 1. The fourth-order valence-corrected chi connectivity index (χ4v) is 2.44. The third-order valence-corrected chi connectivity index (χ3v) is 3.46. The molecule has 1 aliphatic rings. The highest BCUT2D eigenvalue weighted by atomic mass is 16.6. The molecule has 9 nitrogen and oxygen atoms in total. The van der Waals surface area contributed by atoms with Crippen molar-refractivity contribution in [1.82, 2.24) is 9.97 Å². The van der Waals surface area contributed by atoms with Crippen molar-refractivity contribution in [2.45, 2.75) is 32.3 Å². The van der Waals surface area contributed by atoms with Gasteiger partial charge in [0, 0.05) is 20.2 Å². The molecule has 0 spiro atoms. The first-order valence-electron chi connectivity index (χ1n) is 6.85. The molecule has 21 heavy (non-hydrogen) atoms. The molecule has 1 aromatic rings. The number of aromatic nitrogens is 2. The van der Waals surface area contributed by atoms with Gasteiger partial charge < -0.3 is 9.64 Å². The van der Waals surface area contributed by atoms with E-state index in [1.807, 2.05) is 0 Å². The minimum absolute atomic E-state index is 0.0629. The first kappa shape index (κ1) is 15.4. The molecule has 2 heterocycles. The van der Waals surface area contributed by atoms with Crippen LogP contribution in [0.2, 0.25) is 0 Å². The molecule has 0 bridgehead atoms. The van der Waals surface area contributed by atoms with Crippen LogP contribution in [0.25, 0.3) is 0 Å². The Balaban J connectivity index is 2.26. The van der Waals surface area contributed by atoms with Gasteiger partial charge in [0.05, 0.1) is 11.0 Å². The second kappa shape index (κ2) is 6.64.